The molecule has 1 aliphatic rings. The van der Waals surface area contributed by atoms with Crippen molar-refractivity contribution in [1.82, 2.24) is 10.2 Å². The molecule has 160 valence electrons. The Morgan fingerprint density at radius 2 is 1.73 bits per heavy atom. The number of carbonyl (C=O) groups excluding carboxylic acids is 2. The average Bonchev–Trinajstić information content (AvgIpc) is 2.77. The Morgan fingerprint density at radius 3 is 2.33 bits per heavy atom. The Bertz CT molecular complexity index is 865. The molecule has 1 fully saturated rings. The topological polar surface area (TPSA) is 58.6 Å². The fraction of sp³-hybridized carbons (Fsp3) is 0.391. The van der Waals surface area contributed by atoms with Crippen LogP contribution in [-0.2, 0) is 26.3 Å². The van der Waals surface area contributed by atoms with Gasteiger partial charge in [0.25, 0.3) is 0 Å². The van der Waals surface area contributed by atoms with Gasteiger partial charge in [0.2, 0.25) is 11.8 Å². The van der Waals surface area contributed by atoms with Gasteiger partial charge in [0.05, 0.1) is 12.0 Å². The smallest absolute Gasteiger partial charge is 0.239 e. The molecule has 0 radical (unpaired) electrons. The van der Waals surface area contributed by atoms with Crippen LogP contribution in [-0.4, -0.2) is 43.0 Å². The van der Waals surface area contributed by atoms with E-state index in [0.717, 1.165) is 15.6 Å². The molecule has 30 heavy (non-hydrogen) atoms. The maximum absolute atomic E-state index is 13.6. The average molecular weight is 477 g/mol. The molecule has 0 unspecified atom stereocenters. The zero-order valence-electron chi connectivity index (χ0n) is 17.0. The number of carbonyl (C=O) groups is 2. The van der Waals surface area contributed by atoms with Gasteiger partial charge >= 0.3 is 0 Å². The third kappa shape index (κ3) is 5.26. The maximum Gasteiger partial charge on any atom is 0.239 e. The van der Waals surface area contributed by atoms with E-state index < -0.39 is 5.41 Å². The Morgan fingerprint density at radius 1 is 1.10 bits per heavy atom. The lowest BCUT2D eigenvalue weighted by atomic mass is 9.73. The fourth-order valence-corrected chi connectivity index (χ4v) is 4.04. The van der Waals surface area contributed by atoms with Gasteiger partial charge in [0.1, 0.15) is 5.82 Å². The molecule has 0 atom stereocenters. The van der Waals surface area contributed by atoms with Crippen molar-refractivity contribution in [1.29, 1.82) is 0 Å². The summed E-state index contributed by atoms with van der Waals surface area (Å²) in [5, 5.41) is 2.81. The number of nitrogens with one attached hydrogen (secondary N) is 1. The van der Waals surface area contributed by atoms with E-state index in [1.54, 1.807) is 17.0 Å². The minimum atomic E-state index is -0.688. The largest absolute Gasteiger partial charge is 0.381 e. The summed E-state index contributed by atoms with van der Waals surface area (Å²) >= 11 is 3.45. The van der Waals surface area contributed by atoms with Crippen molar-refractivity contribution in [3.8, 4) is 0 Å². The second-order valence-electron chi connectivity index (χ2n) is 7.42. The van der Waals surface area contributed by atoms with Crippen LogP contribution in [0.5, 0.6) is 0 Å². The Balaban J connectivity index is 1.71. The molecule has 3 rings (SSSR count). The van der Waals surface area contributed by atoms with Crippen molar-refractivity contribution < 1.29 is 18.7 Å². The number of amides is 2. The lowest BCUT2D eigenvalue weighted by molar-refractivity contribution is -0.144. The molecule has 1 N–H and O–H groups in total. The van der Waals surface area contributed by atoms with E-state index in [4.69, 9.17) is 4.74 Å². The summed E-state index contributed by atoms with van der Waals surface area (Å²) < 4.78 is 19.5. The summed E-state index contributed by atoms with van der Waals surface area (Å²) in [6.07, 6.45) is 1.17. The highest BCUT2D eigenvalue weighted by Crippen LogP contribution is 2.37. The standard InChI is InChI=1S/C23H26BrFN2O3/c1-2-27(16-21(28)26-15-17-3-9-20(25)10-4-17)22(29)23(11-13-30-14-12-23)18-5-7-19(24)8-6-18/h3-10H,2,11-16H2,1H3,(H,26,28). The van der Waals surface area contributed by atoms with Crippen molar-refractivity contribution in [2.75, 3.05) is 26.3 Å². The van der Waals surface area contributed by atoms with Gasteiger partial charge in [-0.25, -0.2) is 4.39 Å². The first-order valence-electron chi connectivity index (χ1n) is 10.1. The second kappa shape index (κ2) is 10.2. The molecule has 2 aromatic carbocycles. The van der Waals surface area contributed by atoms with Gasteiger partial charge < -0.3 is 15.0 Å². The monoisotopic (exact) mass is 476 g/mol. The number of halogens is 2. The van der Waals surface area contributed by atoms with Crippen LogP contribution in [0.4, 0.5) is 4.39 Å². The minimum Gasteiger partial charge on any atom is -0.381 e. The molecule has 0 saturated carbocycles. The molecule has 0 aromatic heterocycles. The van der Waals surface area contributed by atoms with Gasteiger partial charge in [-0.15, -0.1) is 0 Å². The van der Waals surface area contributed by atoms with Gasteiger partial charge in [-0.1, -0.05) is 40.2 Å². The molecule has 1 heterocycles. The van der Waals surface area contributed by atoms with E-state index in [0.29, 0.717) is 32.6 Å². The normalized spacial score (nSPS) is 15.4. The Kier molecular flexibility index (Phi) is 7.61. The van der Waals surface area contributed by atoms with Crippen LogP contribution in [0.25, 0.3) is 0 Å². The molecule has 0 bridgehead atoms. The van der Waals surface area contributed by atoms with E-state index in [2.05, 4.69) is 21.2 Å². The van der Waals surface area contributed by atoms with Gasteiger partial charge in [0.15, 0.2) is 0 Å². The highest BCUT2D eigenvalue weighted by atomic mass is 79.9. The summed E-state index contributed by atoms with van der Waals surface area (Å²) in [6.45, 7) is 3.60. The zero-order chi connectivity index (χ0) is 21.6. The number of nitrogens with zero attached hydrogens (tertiary/aromatic N) is 1. The molecule has 7 heteroatoms. The van der Waals surface area contributed by atoms with Crippen molar-refractivity contribution in [2.45, 2.75) is 31.7 Å². The lowest BCUT2D eigenvalue weighted by Gasteiger charge is -2.39. The van der Waals surface area contributed by atoms with Crippen LogP contribution in [0.2, 0.25) is 0 Å². The maximum atomic E-state index is 13.6. The van der Waals surface area contributed by atoms with E-state index in [1.165, 1.54) is 12.1 Å². The first-order chi connectivity index (χ1) is 14.4. The molecule has 2 aromatic rings. The zero-order valence-corrected chi connectivity index (χ0v) is 18.6. The summed E-state index contributed by atoms with van der Waals surface area (Å²) in [6, 6.07) is 13.8. The number of likely N-dealkylation sites (N-methyl/N-ethyl adjacent to an activating group) is 1. The fourth-order valence-electron chi connectivity index (χ4n) is 3.78. The highest BCUT2D eigenvalue weighted by Gasteiger charge is 2.44. The van der Waals surface area contributed by atoms with Crippen molar-refractivity contribution in [3.63, 3.8) is 0 Å². The summed E-state index contributed by atoms with van der Waals surface area (Å²) in [5.41, 5.74) is 1.06. The summed E-state index contributed by atoms with van der Waals surface area (Å²) in [7, 11) is 0. The predicted octanol–water partition coefficient (Wildman–Crippen LogP) is 3.80. The summed E-state index contributed by atoms with van der Waals surface area (Å²) in [4.78, 5) is 27.7. The first kappa shape index (κ1) is 22.4. The number of hydrogen-bond donors (Lipinski definition) is 1. The van der Waals surface area contributed by atoms with Crippen molar-refractivity contribution in [2.24, 2.45) is 0 Å². The molecule has 1 aliphatic heterocycles. The van der Waals surface area contributed by atoms with E-state index in [9.17, 15) is 14.0 Å². The van der Waals surface area contributed by atoms with Crippen LogP contribution in [0, 0.1) is 5.82 Å². The van der Waals surface area contributed by atoms with E-state index in [-0.39, 0.29) is 30.7 Å². The number of ether oxygens (including phenoxy) is 1. The van der Waals surface area contributed by atoms with Crippen LogP contribution in [0.3, 0.4) is 0 Å². The summed E-state index contributed by atoms with van der Waals surface area (Å²) in [5.74, 6) is -0.609. The SMILES string of the molecule is CCN(CC(=O)NCc1ccc(F)cc1)C(=O)C1(c2ccc(Br)cc2)CCOCC1. The first-order valence-corrected chi connectivity index (χ1v) is 10.9. The highest BCUT2D eigenvalue weighted by molar-refractivity contribution is 9.10. The van der Waals surface area contributed by atoms with Crippen molar-refractivity contribution in [3.05, 3.63) is 69.9 Å². The van der Waals surface area contributed by atoms with Crippen LogP contribution >= 0.6 is 15.9 Å². The van der Waals surface area contributed by atoms with E-state index >= 15 is 0 Å². The molecule has 0 aliphatic carbocycles. The molecule has 5 nitrogen and oxygen atoms in total. The number of benzene rings is 2. The third-order valence-corrected chi connectivity index (χ3v) is 6.09. The van der Waals surface area contributed by atoms with Crippen LogP contribution < -0.4 is 5.32 Å². The van der Waals surface area contributed by atoms with Gasteiger partial charge in [-0.2, -0.15) is 0 Å². The minimum absolute atomic E-state index is 0.0182. The van der Waals surface area contributed by atoms with Gasteiger partial charge in [0, 0.05) is 30.8 Å². The molecule has 2 amide bonds. The van der Waals surface area contributed by atoms with Crippen molar-refractivity contribution >= 4 is 27.7 Å². The van der Waals surface area contributed by atoms with E-state index in [1.807, 2.05) is 31.2 Å². The second-order valence-corrected chi connectivity index (χ2v) is 8.34. The molecular weight excluding hydrogens is 451 g/mol. The predicted molar refractivity (Wildman–Crippen MR) is 116 cm³/mol. The lowest BCUT2D eigenvalue weighted by Crippen LogP contribution is -2.52. The number of rotatable bonds is 7. The van der Waals surface area contributed by atoms with Crippen LogP contribution in [0.1, 0.15) is 30.9 Å². The third-order valence-electron chi connectivity index (χ3n) is 5.56. The molecule has 1 saturated heterocycles. The Hall–Kier alpha value is -2.25. The van der Waals surface area contributed by atoms with Gasteiger partial charge in [-0.05, 0) is 55.2 Å². The van der Waals surface area contributed by atoms with Crippen LogP contribution in [0.15, 0.2) is 53.0 Å². The molecule has 0 spiro atoms. The molecular formula is C23H26BrFN2O3. The van der Waals surface area contributed by atoms with Gasteiger partial charge in [-0.3, -0.25) is 9.59 Å². The Labute approximate surface area is 184 Å². The quantitative estimate of drug-likeness (QED) is 0.660. The number of hydrogen-bond acceptors (Lipinski definition) is 3.